The summed E-state index contributed by atoms with van der Waals surface area (Å²) in [5.74, 6) is -0.0371. The zero-order chi connectivity index (χ0) is 38.8. The highest BCUT2D eigenvalue weighted by molar-refractivity contribution is 6.15. The third-order valence-corrected chi connectivity index (χ3v) is 12.8. The van der Waals surface area contributed by atoms with Gasteiger partial charge in [-0.15, -0.1) is 0 Å². The summed E-state index contributed by atoms with van der Waals surface area (Å²) in [7, 11) is 0. The van der Waals surface area contributed by atoms with E-state index in [4.69, 9.17) is 0 Å². The molecule has 1 atom stereocenters. The Labute approximate surface area is 340 Å². The topological polar surface area (TPSA) is 0 Å². The van der Waals surface area contributed by atoms with Crippen LogP contribution in [-0.4, -0.2) is 0 Å². The van der Waals surface area contributed by atoms with Gasteiger partial charge in [0, 0.05) is 11.3 Å². The monoisotopic (exact) mass is 738 g/mol. The Morgan fingerprint density at radius 3 is 1.76 bits per heavy atom. The summed E-state index contributed by atoms with van der Waals surface area (Å²) in [4.78, 5) is 0. The molecule has 58 heavy (non-hydrogen) atoms. The molecular formula is C58H42. The third kappa shape index (κ3) is 5.52. The molecule has 0 nitrogen and oxygen atoms in total. The molecule has 0 heteroatoms. The first-order valence-corrected chi connectivity index (χ1v) is 20.5. The van der Waals surface area contributed by atoms with Crippen molar-refractivity contribution in [2.24, 2.45) is 0 Å². The highest BCUT2D eigenvalue weighted by Gasteiger charge is 2.36. The molecule has 0 saturated heterocycles. The molecule has 0 amide bonds. The van der Waals surface area contributed by atoms with Crippen LogP contribution in [0.25, 0.3) is 76.8 Å². The van der Waals surface area contributed by atoms with Gasteiger partial charge in [-0.2, -0.15) is 0 Å². The van der Waals surface area contributed by atoms with Gasteiger partial charge in [0.2, 0.25) is 0 Å². The van der Waals surface area contributed by atoms with Crippen molar-refractivity contribution in [1.82, 2.24) is 0 Å². The molecule has 0 spiro atoms. The normalized spacial score (nSPS) is 13.4. The summed E-state index contributed by atoms with van der Waals surface area (Å²) in [5, 5.41) is 7.57. The quantitative estimate of drug-likeness (QED) is 0.118. The van der Waals surface area contributed by atoms with Gasteiger partial charge in [-0.3, -0.25) is 0 Å². The first-order valence-electron chi connectivity index (χ1n) is 20.5. The molecular weight excluding hydrogens is 697 g/mol. The van der Waals surface area contributed by atoms with Gasteiger partial charge in [0.25, 0.3) is 0 Å². The van der Waals surface area contributed by atoms with Crippen LogP contribution in [0.5, 0.6) is 0 Å². The van der Waals surface area contributed by atoms with E-state index in [1.54, 1.807) is 0 Å². The first-order chi connectivity index (χ1) is 28.5. The van der Waals surface area contributed by atoms with Gasteiger partial charge in [-0.25, -0.2) is 0 Å². The van der Waals surface area contributed by atoms with Crippen LogP contribution in [0, 0.1) is 0 Å². The van der Waals surface area contributed by atoms with E-state index in [0.717, 1.165) is 0 Å². The zero-order valence-corrected chi connectivity index (χ0v) is 32.8. The molecule has 10 aromatic rings. The van der Waals surface area contributed by atoms with Crippen LogP contribution in [0.3, 0.4) is 0 Å². The Morgan fingerprint density at radius 1 is 0.328 bits per heavy atom. The van der Waals surface area contributed by atoms with Crippen LogP contribution in [0.15, 0.2) is 212 Å². The number of fused-ring (bicyclic) bond motifs is 7. The second-order valence-corrected chi connectivity index (χ2v) is 16.4. The summed E-state index contributed by atoms with van der Waals surface area (Å²) in [6.07, 6.45) is 0. The minimum atomic E-state index is -0.113. The molecule has 0 aromatic heterocycles. The fraction of sp³-hybridized carbons (Fsp3) is 0.0690. The maximum absolute atomic E-state index is 2.52. The standard InChI is InChI=1S/C58H42/c1-58(2)54-27-14-13-24-49(54)50-33-32-45(37-55(50)58)56(44-31-30-41-34-40(28-29-42(41)35-44)38-16-5-3-6-17-38)52-26-15-25-51(57(52)39-18-7-4-8-19-39)53-36-43-20-9-10-21-46(43)47-22-11-12-23-48(47)53/h3-37,56H,1-2H3. The lowest BCUT2D eigenvalue weighted by Crippen LogP contribution is -2.16. The van der Waals surface area contributed by atoms with Gasteiger partial charge in [0.1, 0.15) is 0 Å². The third-order valence-electron chi connectivity index (χ3n) is 12.8. The van der Waals surface area contributed by atoms with E-state index in [-0.39, 0.29) is 11.3 Å². The SMILES string of the molecule is CC1(C)c2ccccc2-c2ccc(C(c3ccc4cc(-c5ccccc5)ccc4c3)c3cccc(-c4cc5ccccc5c5ccccc45)c3-c3ccccc3)cc21. The average molecular weight is 739 g/mol. The van der Waals surface area contributed by atoms with Gasteiger partial charge in [-0.1, -0.05) is 214 Å². The van der Waals surface area contributed by atoms with Crippen LogP contribution in [-0.2, 0) is 5.41 Å². The average Bonchev–Trinajstić information content (AvgIpc) is 3.51. The second-order valence-electron chi connectivity index (χ2n) is 16.4. The van der Waals surface area contributed by atoms with Crippen LogP contribution < -0.4 is 0 Å². The van der Waals surface area contributed by atoms with Gasteiger partial charge in [0.05, 0.1) is 0 Å². The summed E-state index contributed by atoms with van der Waals surface area (Å²) >= 11 is 0. The van der Waals surface area contributed by atoms with E-state index >= 15 is 0 Å². The molecule has 0 bridgehead atoms. The smallest absolute Gasteiger partial charge is 0.0346 e. The predicted molar refractivity (Wildman–Crippen MR) is 247 cm³/mol. The second kappa shape index (κ2) is 13.6. The largest absolute Gasteiger partial charge is 0.0622 e. The van der Waals surface area contributed by atoms with Crippen LogP contribution >= 0.6 is 0 Å². The predicted octanol–water partition coefficient (Wildman–Crippen LogP) is 15.6. The Hall–Kier alpha value is -7.02. The molecule has 0 N–H and O–H groups in total. The lowest BCUT2D eigenvalue weighted by atomic mass is 9.76. The van der Waals surface area contributed by atoms with Crippen molar-refractivity contribution in [2.75, 3.05) is 0 Å². The van der Waals surface area contributed by atoms with Crippen LogP contribution in [0.1, 0.15) is 47.6 Å². The summed E-state index contributed by atoms with van der Waals surface area (Å²) in [6, 6.07) is 79.2. The molecule has 1 aliphatic carbocycles. The van der Waals surface area contributed by atoms with Gasteiger partial charge >= 0.3 is 0 Å². The maximum atomic E-state index is 2.52. The fourth-order valence-corrected chi connectivity index (χ4v) is 9.95. The van der Waals surface area contributed by atoms with Crippen molar-refractivity contribution in [3.63, 3.8) is 0 Å². The maximum Gasteiger partial charge on any atom is 0.0346 e. The minimum Gasteiger partial charge on any atom is -0.0622 e. The van der Waals surface area contributed by atoms with Crippen molar-refractivity contribution in [2.45, 2.75) is 25.2 Å². The zero-order valence-electron chi connectivity index (χ0n) is 32.8. The number of benzene rings is 10. The lowest BCUT2D eigenvalue weighted by molar-refractivity contribution is 0.659. The highest BCUT2D eigenvalue weighted by Crippen LogP contribution is 2.51. The molecule has 1 unspecified atom stereocenters. The van der Waals surface area contributed by atoms with Crippen molar-refractivity contribution in [3.05, 3.63) is 240 Å². The summed E-state index contributed by atoms with van der Waals surface area (Å²) < 4.78 is 0. The Balaban J connectivity index is 1.18. The Bertz CT molecular complexity index is 3190. The van der Waals surface area contributed by atoms with Crippen LogP contribution in [0.4, 0.5) is 0 Å². The molecule has 11 rings (SSSR count). The molecule has 0 fully saturated rings. The van der Waals surface area contributed by atoms with Crippen LogP contribution in [0.2, 0.25) is 0 Å². The van der Waals surface area contributed by atoms with E-state index in [1.165, 1.54) is 105 Å². The summed E-state index contributed by atoms with van der Waals surface area (Å²) in [5.41, 5.74) is 16.7. The van der Waals surface area contributed by atoms with Gasteiger partial charge < -0.3 is 0 Å². The van der Waals surface area contributed by atoms with Crippen molar-refractivity contribution >= 4 is 32.3 Å². The van der Waals surface area contributed by atoms with Crippen molar-refractivity contribution in [1.29, 1.82) is 0 Å². The molecule has 274 valence electrons. The summed E-state index contributed by atoms with van der Waals surface area (Å²) in [6.45, 7) is 4.77. The molecule has 0 saturated carbocycles. The minimum absolute atomic E-state index is 0.0371. The molecule has 10 aromatic carbocycles. The number of hydrogen-bond acceptors (Lipinski definition) is 0. The lowest BCUT2D eigenvalue weighted by Gasteiger charge is -2.27. The van der Waals surface area contributed by atoms with Gasteiger partial charge in [0.15, 0.2) is 0 Å². The molecule has 0 radical (unpaired) electrons. The highest BCUT2D eigenvalue weighted by atomic mass is 14.4. The van der Waals surface area contributed by atoms with E-state index in [0.29, 0.717) is 0 Å². The fourth-order valence-electron chi connectivity index (χ4n) is 9.95. The van der Waals surface area contributed by atoms with Gasteiger partial charge in [-0.05, 0) is 117 Å². The van der Waals surface area contributed by atoms with E-state index in [9.17, 15) is 0 Å². The Kier molecular flexibility index (Phi) is 8.02. The Morgan fingerprint density at radius 2 is 0.931 bits per heavy atom. The van der Waals surface area contributed by atoms with Crippen molar-refractivity contribution < 1.29 is 0 Å². The van der Waals surface area contributed by atoms with E-state index in [1.807, 2.05) is 0 Å². The molecule has 0 heterocycles. The van der Waals surface area contributed by atoms with E-state index < -0.39 is 0 Å². The number of hydrogen-bond donors (Lipinski definition) is 0. The first kappa shape index (κ1) is 34.2. The van der Waals surface area contributed by atoms with Crippen molar-refractivity contribution in [3.8, 4) is 44.5 Å². The van der Waals surface area contributed by atoms with E-state index in [2.05, 4.69) is 226 Å². The molecule has 1 aliphatic rings. The molecule has 0 aliphatic heterocycles. The number of rotatable bonds is 6.